The fourth-order valence-corrected chi connectivity index (χ4v) is 8.29. The second kappa shape index (κ2) is 6.11. The molecule has 0 amide bonds. The van der Waals surface area contributed by atoms with Crippen LogP contribution in [0.15, 0.2) is 0 Å². The van der Waals surface area contributed by atoms with E-state index in [0.29, 0.717) is 22.5 Å². The number of rotatable bonds is 3. The largest absolute Gasteiger partial charge is 0.384 e. The zero-order valence-electron chi connectivity index (χ0n) is 16.0. The molecule has 4 aliphatic carbocycles. The Balaban J connectivity index is 1.65. The monoisotopic (exact) mass is 332 g/mol. The van der Waals surface area contributed by atoms with Gasteiger partial charge in [0.05, 0.1) is 6.61 Å². The van der Waals surface area contributed by atoms with Crippen LogP contribution < -0.4 is 0 Å². The maximum absolute atomic E-state index is 12.2. The van der Waals surface area contributed by atoms with Crippen LogP contribution in [0.4, 0.5) is 0 Å². The molecule has 2 nitrogen and oxygen atoms in total. The van der Waals surface area contributed by atoms with Crippen molar-refractivity contribution in [3.63, 3.8) is 0 Å². The van der Waals surface area contributed by atoms with Gasteiger partial charge in [-0.05, 0) is 92.8 Å². The van der Waals surface area contributed by atoms with E-state index in [-0.39, 0.29) is 0 Å². The minimum Gasteiger partial charge on any atom is -0.384 e. The molecule has 0 N–H and O–H groups in total. The maximum atomic E-state index is 12.2. The molecule has 24 heavy (non-hydrogen) atoms. The van der Waals surface area contributed by atoms with Crippen LogP contribution in [0, 0.1) is 40.4 Å². The molecule has 0 radical (unpaired) electrons. The van der Waals surface area contributed by atoms with Crippen LogP contribution in [0.1, 0.15) is 78.1 Å². The van der Waals surface area contributed by atoms with E-state index in [9.17, 15) is 4.79 Å². The number of carbonyl (C=O) groups excluding carboxylic acids is 1. The average molecular weight is 333 g/mol. The van der Waals surface area contributed by atoms with Gasteiger partial charge in [0.15, 0.2) is 0 Å². The number of ketones is 1. The highest BCUT2D eigenvalue weighted by Crippen LogP contribution is 2.67. The Bertz CT molecular complexity index is 496. The van der Waals surface area contributed by atoms with E-state index in [2.05, 4.69) is 6.92 Å². The van der Waals surface area contributed by atoms with E-state index >= 15 is 0 Å². The zero-order valence-corrected chi connectivity index (χ0v) is 16.0. The van der Waals surface area contributed by atoms with Crippen molar-refractivity contribution in [3.05, 3.63) is 0 Å². The lowest BCUT2D eigenvalue weighted by Gasteiger charge is -2.61. The van der Waals surface area contributed by atoms with E-state index in [4.69, 9.17) is 4.74 Å². The summed E-state index contributed by atoms with van der Waals surface area (Å²) < 4.78 is 5.83. The lowest BCUT2D eigenvalue weighted by Crippen LogP contribution is -2.55. The highest BCUT2D eigenvalue weighted by Gasteiger charge is 2.61. The maximum Gasteiger partial charge on any atom is 0.133 e. The Hall–Kier alpha value is -0.370. The van der Waals surface area contributed by atoms with Crippen LogP contribution in [0.3, 0.4) is 0 Å². The van der Waals surface area contributed by atoms with Crippen LogP contribution in [-0.4, -0.2) is 19.5 Å². The summed E-state index contributed by atoms with van der Waals surface area (Å²) in [5.41, 5.74) is 0.758. The molecule has 0 heterocycles. The Morgan fingerprint density at radius 1 is 1.00 bits per heavy atom. The molecular formula is C22H36O2. The van der Waals surface area contributed by atoms with Crippen molar-refractivity contribution >= 4 is 5.78 Å². The number of Topliss-reactive ketones (excluding diaryl/α,β-unsaturated/α-hetero) is 1. The zero-order chi connectivity index (χ0) is 16.9. The Labute approximate surface area is 148 Å². The van der Waals surface area contributed by atoms with Gasteiger partial charge in [-0.3, -0.25) is 4.79 Å². The highest BCUT2D eigenvalue weighted by atomic mass is 16.5. The number of hydrogen-bond donors (Lipinski definition) is 0. The number of carbonyl (C=O) groups is 1. The molecule has 0 aromatic rings. The standard InChI is InChI=1S/C22H36O2/c1-15(23)18-9-10-19-17-8-7-16-6-4-5-12-22(16,14-24-3)20(17)11-13-21(18,19)2/h16-20H,4-14H2,1-3H3/t16?,17?,18-,19?,20?,21?,22?/m1/s1. The molecule has 7 atom stereocenters. The quantitative estimate of drug-likeness (QED) is 0.705. The Kier molecular flexibility index (Phi) is 4.34. The third-order valence-corrected chi connectivity index (χ3v) is 9.19. The minimum atomic E-state index is 0.294. The molecule has 136 valence electrons. The van der Waals surface area contributed by atoms with Gasteiger partial charge in [0.1, 0.15) is 5.78 Å². The van der Waals surface area contributed by atoms with Gasteiger partial charge in [-0.2, -0.15) is 0 Å². The first kappa shape index (κ1) is 17.1. The lowest BCUT2D eigenvalue weighted by atomic mass is 9.44. The van der Waals surface area contributed by atoms with Crippen LogP contribution in [0.2, 0.25) is 0 Å². The predicted octanol–water partition coefficient (Wildman–Crippen LogP) is 5.25. The van der Waals surface area contributed by atoms with E-state index in [0.717, 1.165) is 36.7 Å². The molecule has 6 unspecified atom stereocenters. The van der Waals surface area contributed by atoms with Gasteiger partial charge in [-0.25, -0.2) is 0 Å². The molecule has 0 aromatic carbocycles. The van der Waals surface area contributed by atoms with E-state index < -0.39 is 0 Å². The third kappa shape index (κ3) is 2.27. The summed E-state index contributed by atoms with van der Waals surface area (Å²) in [7, 11) is 1.92. The summed E-state index contributed by atoms with van der Waals surface area (Å²) >= 11 is 0. The first-order valence-corrected chi connectivity index (χ1v) is 10.5. The molecule has 0 aliphatic heterocycles. The van der Waals surface area contributed by atoms with Crippen LogP contribution in [0.25, 0.3) is 0 Å². The second-order valence-corrected chi connectivity index (χ2v) is 9.85. The van der Waals surface area contributed by atoms with Crippen molar-refractivity contribution in [1.29, 1.82) is 0 Å². The lowest BCUT2D eigenvalue weighted by molar-refractivity contribution is -0.149. The average Bonchev–Trinajstić information content (AvgIpc) is 2.92. The van der Waals surface area contributed by atoms with Crippen molar-refractivity contribution in [2.45, 2.75) is 78.1 Å². The fourth-order valence-electron chi connectivity index (χ4n) is 8.29. The summed E-state index contributed by atoms with van der Waals surface area (Å²) in [4.78, 5) is 12.2. The van der Waals surface area contributed by atoms with E-state index in [1.54, 1.807) is 0 Å². The normalized spacial score (nSPS) is 50.7. The van der Waals surface area contributed by atoms with Crippen molar-refractivity contribution in [3.8, 4) is 0 Å². The van der Waals surface area contributed by atoms with Crippen molar-refractivity contribution in [2.24, 2.45) is 40.4 Å². The Morgan fingerprint density at radius 2 is 1.83 bits per heavy atom. The van der Waals surface area contributed by atoms with E-state index in [1.807, 2.05) is 14.0 Å². The molecule has 0 saturated heterocycles. The fraction of sp³-hybridized carbons (Fsp3) is 0.955. The van der Waals surface area contributed by atoms with E-state index in [1.165, 1.54) is 57.8 Å². The van der Waals surface area contributed by atoms with Crippen LogP contribution in [-0.2, 0) is 9.53 Å². The first-order valence-electron chi connectivity index (χ1n) is 10.5. The number of methoxy groups -OCH3 is 1. The van der Waals surface area contributed by atoms with Gasteiger partial charge in [0.25, 0.3) is 0 Å². The summed E-state index contributed by atoms with van der Waals surface area (Å²) in [6, 6.07) is 0. The SMILES string of the molecule is COCC12CCCCC1CCC1C2CCC2(C)C1CC[C@@H]2C(C)=O. The second-order valence-electron chi connectivity index (χ2n) is 9.85. The minimum absolute atomic E-state index is 0.294. The van der Waals surface area contributed by atoms with Crippen LogP contribution in [0.5, 0.6) is 0 Å². The topological polar surface area (TPSA) is 26.3 Å². The molecule has 2 heteroatoms. The molecule has 0 spiro atoms. The molecule has 0 bridgehead atoms. The first-order chi connectivity index (χ1) is 11.5. The molecule has 4 rings (SSSR count). The van der Waals surface area contributed by atoms with Crippen molar-refractivity contribution < 1.29 is 9.53 Å². The summed E-state index contributed by atoms with van der Waals surface area (Å²) in [6.07, 6.45) is 13.6. The predicted molar refractivity (Wildman–Crippen MR) is 96.7 cm³/mol. The van der Waals surface area contributed by atoms with Gasteiger partial charge in [0.2, 0.25) is 0 Å². The molecule has 0 aromatic heterocycles. The third-order valence-electron chi connectivity index (χ3n) is 9.19. The number of fused-ring (bicyclic) bond motifs is 5. The molecule has 4 aliphatic rings. The number of ether oxygens (including phenoxy) is 1. The summed E-state index contributed by atoms with van der Waals surface area (Å²) in [6.45, 7) is 5.29. The van der Waals surface area contributed by atoms with Gasteiger partial charge in [-0.1, -0.05) is 19.8 Å². The molecule has 4 fully saturated rings. The Morgan fingerprint density at radius 3 is 2.58 bits per heavy atom. The molecular weight excluding hydrogens is 296 g/mol. The highest BCUT2D eigenvalue weighted by molar-refractivity contribution is 5.79. The number of hydrogen-bond acceptors (Lipinski definition) is 2. The van der Waals surface area contributed by atoms with Gasteiger partial charge in [-0.15, -0.1) is 0 Å². The molecule has 4 saturated carbocycles. The van der Waals surface area contributed by atoms with Gasteiger partial charge in [0, 0.05) is 13.0 Å². The van der Waals surface area contributed by atoms with Crippen molar-refractivity contribution in [1.82, 2.24) is 0 Å². The van der Waals surface area contributed by atoms with Crippen LogP contribution >= 0.6 is 0 Å². The smallest absolute Gasteiger partial charge is 0.133 e. The summed E-state index contributed by atoms with van der Waals surface area (Å²) in [5.74, 6) is 4.21. The van der Waals surface area contributed by atoms with Gasteiger partial charge < -0.3 is 4.74 Å². The summed E-state index contributed by atoms with van der Waals surface area (Å²) in [5, 5.41) is 0. The van der Waals surface area contributed by atoms with Gasteiger partial charge >= 0.3 is 0 Å². The van der Waals surface area contributed by atoms with Crippen molar-refractivity contribution in [2.75, 3.05) is 13.7 Å².